The van der Waals surface area contributed by atoms with E-state index in [0.29, 0.717) is 13.2 Å². The molecule has 0 bridgehead atoms. The molecule has 0 aromatic carbocycles. The van der Waals surface area contributed by atoms with E-state index in [1.165, 1.54) is 0 Å². The molecule has 0 saturated carbocycles. The fourth-order valence-corrected chi connectivity index (χ4v) is 1.50. The number of carbonyl (C=O) groups excluding carboxylic acids is 1. The Hall–Kier alpha value is -1.63. The van der Waals surface area contributed by atoms with Crippen molar-refractivity contribution in [1.29, 1.82) is 0 Å². The van der Waals surface area contributed by atoms with Crippen molar-refractivity contribution < 1.29 is 14.2 Å². The molecule has 1 aliphatic rings. The molecule has 0 aliphatic carbocycles. The minimum absolute atomic E-state index is 0.0192. The summed E-state index contributed by atoms with van der Waals surface area (Å²) in [4.78, 5) is 13.4. The lowest BCUT2D eigenvalue weighted by atomic mass is 10.2. The van der Waals surface area contributed by atoms with Gasteiger partial charge in [0, 0.05) is 13.7 Å². The third kappa shape index (κ3) is 1.78. The molecule has 1 aromatic heterocycles. The van der Waals surface area contributed by atoms with Gasteiger partial charge in [-0.3, -0.25) is 4.79 Å². The van der Waals surface area contributed by atoms with E-state index in [-0.39, 0.29) is 23.5 Å². The van der Waals surface area contributed by atoms with Crippen LogP contribution in [0.5, 0.6) is 0 Å². The monoisotopic (exact) mass is 212 g/mol. The maximum atomic E-state index is 11.8. The first-order valence-corrected chi connectivity index (χ1v) is 4.63. The molecular formula is C8H12N4O3. The highest BCUT2D eigenvalue weighted by Crippen LogP contribution is 2.15. The van der Waals surface area contributed by atoms with Crippen molar-refractivity contribution in [3.8, 4) is 0 Å². The zero-order chi connectivity index (χ0) is 10.8. The molecule has 2 rings (SSSR count). The number of carbonyl (C=O) groups is 1. The molecule has 0 radical (unpaired) electrons. The van der Waals surface area contributed by atoms with E-state index in [1.807, 2.05) is 0 Å². The van der Waals surface area contributed by atoms with Gasteiger partial charge in [-0.15, -0.1) is 0 Å². The van der Waals surface area contributed by atoms with Crippen LogP contribution in [0.25, 0.3) is 0 Å². The van der Waals surface area contributed by atoms with Gasteiger partial charge in [-0.1, -0.05) is 0 Å². The Morgan fingerprint density at radius 3 is 2.93 bits per heavy atom. The van der Waals surface area contributed by atoms with Gasteiger partial charge in [0.1, 0.15) is 0 Å². The number of nitrogen functional groups attached to an aromatic ring is 1. The van der Waals surface area contributed by atoms with Gasteiger partial charge in [0.05, 0.1) is 12.6 Å². The lowest BCUT2D eigenvalue weighted by molar-refractivity contribution is 0.0701. The summed E-state index contributed by atoms with van der Waals surface area (Å²) in [5, 5.41) is 6.82. The second-order valence-electron chi connectivity index (χ2n) is 3.43. The van der Waals surface area contributed by atoms with Gasteiger partial charge >= 0.3 is 0 Å². The Bertz CT molecular complexity index is 359. The van der Waals surface area contributed by atoms with Crippen LogP contribution in [0.1, 0.15) is 16.9 Å². The van der Waals surface area contributed by atoms with Crippen LogP contribution in [0.4, 0.5) is 5.82 Å². The van der Waals surface area contributed by atoms with Crippen LogP contribution >= 0.6 is 0 Å². The quantitative estimate of drug-likeness (QED) is 0.711. The van der Waals surface area contributed by atoms with Crippen LogP contribution in [-0.4, -0.2) is 47.4 Å². The lowest BCUT2D eigenvalue weighted by Gasteiger charge is -2.21. The molecule has 1 atom stereocenters. The maximum absolute atomic E-state index is 11.8. The number of hydrogen-bond acceptors (Lipinski definition) is 6. The average molecular weight is 212 g/mol. The first-order chi connectivity index (χ1) is 7.20. The standard InChI is InChI=1S/C8H12N4O3/c1-12(5-2-3-14-4-5)8(13)6-7(9)11-15-10-6/h5H,2-4H2,1H3,(H2,9,11). The second-order valence-corrected chi connectivity index (χ2v) is 3.43. The van der Waals surface area contributed by atoms with Gasteiger partial charge in [-0.05, 0) is 16.7 Å². The Morgan fingerprint density at radius 1 is 1.60 bits per heavy atom. The van der Waals surface area contributed by atoms with Crippen LogP contribution in [-0.2, 0) is 4.74 Å². The smallest absolute Gasteiger partial charge is 0.280 e. The van der Waals surface area contributed by atoms with Crippen LogP contribution in [0.2, 0.25) is 0 Å². The Labute approximate surface area is 86.1 Å². The molecule has 2 N–H and O–H groups in total. The number of aromatic nitrogens is 2. The summed E-state index contributed by atoms with van der Waals surface area (Å²) in [5.74, 6) is -0.269. The normalized spacial score (nSPS) is 20.5. The Balaban J connectivity index is 2.10. The molecule has 1 saturated heterocycles. The van der Waals surface area contributed by atoms with E-state index in [2.05, 4.69) is 14.9 Å². The van der Waals surface area contributed by atoms with E-state index >= 15 is 0 Å². The molecule has 1 aromatic rings. The number of nitrogens with zero attached hydrogens (tertiary/aromatic N) is 3. The number of amides is 1. The molecule has 82 valence electrons. The van der Waals surface area contributed by atoms with Gasteiger partial charge in [0.2, 0.25) is 11.5 Å². The van der Waals surface area contributed by atoms with Crippen molar-refractivity contribution in [3.05, 3.63) is 5.69 Å². The number of likely N-dealkylation sites (N-methyl/N-ethyl adjacent to an activating group) is 1. The summed E-state index contributed by atoms with van der Waals surface area (Å²) in [6, 6.07) is 0.0774. The Morgan fingerprint density at radius 2 is 2.40 bits per heavy atom. The summed E-state index contributed by atoms with van der Waals surface area (Å²) >= 11 is 0. The molecule has 1 unspecified atom stereocenters. The summed E-state index contributed by atoms with van der Waals surface area (Å²) in [5.41, 5.74) is 5.49. The second kappa shape index (κ2) is 3.85. The molecule has 1 fully saturated rings. The fourth-order valence-electron chi connectivity index (χ4n) is 1.50. The summed E-state index contributed by atoms with van der Waals surface area (Å²) in [6.45, 7) is 1.22. The zero-order valence-corrected chi connectivity index (χ0v) is 8.34. The van der Waals surface area contributed by atoms with Crippen molar-refractivity contribution in [2.45, 2.75) is 12.5 Å². The molecular weight excluding hydrogens is 200 g/mol. The van der Waals surface area contributed by atoms with Gasteiger partial charge in [-0.25, -0.2) is 4.63 Å². The number of nitrogens with two attached hydrogens (primary N) is 1. The highest BCUT2D eigenvalue weighted by molar-refractivity contribution is 5.96. The minimum atomic E-state index is -0.288. The number of rotatable bonds is 2. The maximum Gasteiger partial charge on any atom is 0.280 e. The topological polar surface area (TPSA) is 94.5 Å². The van der Waals surface area contributed by atoms with Crippen molar-refractivity contribution in [2.24, 2.45) is 0 Å². The van der Waals surface area contributed by atoms with Gasteiger partial charge < -0.3 is 15.4 Å². The van der Waals surface area contributed by atoms with E-state index in [0.717, 1.165) is 6.42 Å². The zero-order valence-electron chi connectivity index (χ0n) is 8.34. The lowest BCUT2D eigenvalue weighted by Crippen LogP contribution is -2.37. The number of ether oxygens (including phenoxy) is 1. The van der Waals surface area contributed by atoms with E-state index in [4.69, 9.17) is 10.5 Å². The molecule has 1 amide bonds. The van der Waals surface area contributed by atoms with E-state index < -0.39 is 0 Å². The van der Waals surface area contributed by atoms with Crippen molar-refractivity contribution in [1.82, 2.24) is 15.2 Å². The molecule has 1 aliphatic heterocycles. The van der Waals surface area contributed by atoms with Gasteiger partial charge in [-0.2, -0.15) is 0 Å². The minimum Gasteiger partial charge on any atom is -0.379 e. The average Bonchev–Trinajstić information content (AvgIpc) is 2.85. The highest BCUT2D eigenvalue weighted by Gasteiger charge is 2.28. The fraction of sp³-hybridized carbons (Fsp3) is 0.625. The first-order valence-electron chi connectivity index (χ1n) is 4.63. The third-order valence-corrected chi connectivity index (χ3v) is 2.49. The van der Waals surface area contributed by atoms with Crippen LogP contribution in [0, 0.1) is 0 Å². The first kappa shape index (κ1) is 9.91. The third-order valence-electron chi connectivity index (χ3n) is 2.49. The van der Waals surface area contributed by atoms with Crippen molar-refractivity contribution in [2.75, 3.05) is 26.0 Å². The number of anilines is 1. The van der Waals surface area contributed by atoms with Gasteiger partial charge in [0.15, 0.2) is 0 Å². The van der Waals surface area contributed by atoms with E-state index in [1.54, 1.807) is 11.9 Å². The SMILES string of the molecule is CN(C(=O)c1nonc1N)C1CCOC1. The molecule has 7 heteroatoms. The van der Waals surface area contributed by atoms with Crippen LogP contribution < -0.4 is 5.73 Å². The predicted octanol–water partition coefficient (Wildman–Crippen LogP) is -0.487. The predicted molar refractivity (Wildman–Crippen MR) is 50.0 cm³/mol. The molecule has 0 spiro atoms. The number of hydrogen-bond donors (Lipinski definition) is 1. The molecule has 15 heavy (non-hydrogen) atoms. The summed E-state index contributed by atoms with van der Waals surface area (Å²) in [7, 11) is 1.69. The van der Waals surface area contributed by atoms with E-state index in [9.17, 15) is 4.79 Å². The van der Waals surface area contributed by atoms with Crippen LogP contribution in [0.3, 0.4) is 0 Å². The summed E-state index contributed by atoms with van der Waals surface area (Å²) < 4.78 is 9.57. The summed E-state index contributed by atoms with van der Waals surface area (Å²) in [6.07, 6.45) is 0.827. The highest BCUT2D eigenvalue weighted by atomic mass is 16.6. The molecule has 7 nitrogen and oxygen atoms in total. The molecule has 2 heterocycles. The van der Waals surface area contributed by atoms with Crippen molar-refractivity contribution >= 4 is 11.7 Å². The van der Waals surface area contributed by atoms with Crippen molar-refractivity contribution in [3.63, 3.8) is 0 Å². The van der Waals surface area contributed by atoms with Crippen LogP contribution in [0.15, 0.2) is 4.63 Å². The van der Waals surface area contributed by atoms with Gasteiger partial charge in [0.25, 0.3) is 5.91 Å². The Kier molecular flexibility index (Phi) is 2.55. The largest absolute Gasteiger partial charge is 0.379 e.